The maximum atomic E-state index is 11.1. The molecule has 2 rings (SSSR count). The monoisotopic (exact) mass is 379 g/mol. The molecule has 0 spiro atoms. The van der Waals surface area contributed by atoms with Crippen LogP contribution in [0.15, 0.2) is 6.07 Å². The fourth-order valence-electron chi connectivity index (χ4n) is 2.28. The minimum absolute atomic E-state index is 0.0528. The number of hydrogen-bond acceptors (Lipinski definition) is 2. The highest BCUT2D eigenvalue weighted by Gasteiger charge is 2.18. The van der Waals surface area contributed by atoms with E-state index in [1.165, 1.54) is 24.0 Å². The second kappa shape index (κ2) is 6.10. The molecule has 3 nitrogen and oxygen atoms in total. The first-order valence-corrected chi connectivity index (χ1v) is 7.59. The van der Waals surface area contributed by atoms with Gasteiger partial charge in [-0.1, -0.05) is 0 Å². The number of rotatable bonds is 3. The van der Waals surface area contributed by atoms with Gasteiger partial charge in [0.05, 0.1) is 3.57 Å². The van der Waals surface area contributed by atoms with Gasteiger partial charge < -0.3 is 10.4 Å². The number of halogens is 2. The number of carbonyl (C=O) groups is 1. The quantitative estimate of drug-likeness (QED) is 0.627. The fourth-order valence-corrected chi connectivity index (χ4v) is 3.33. The van der Waals surface area contributed by atoms with E-state index in [-0.39, 0.29) is 11.8 Å². The van der Waals surface area contributed by atoms with Crippen LogP contribution < -0.4 is 5.32 Å². The summed E-state index contributed by atoms with van der Waals surface area (Å²) in [6.45, 7) is 0.334. The zero-order chi connectivity index (χ0) is 13.1. The van der Waals surface area contributed by atoms with Gasteiger partial charge in [0.25, 0.3) is 0 Å². The van der Waals surface area contributed by atoms with Crippen molar-refractivity contribution in [1.29, 1.82) is 0 Å². The van der Waals surface area contributed by atoms with Crippen LogP contribution in [0.1, 0.15) is 29.5 Å². The molecule has 0 aliphatic heterocycles. The molecule has 0 aromatic heterocycles. The van der Waals surface area contributed by atoms with Gasteiger partial charge in [0.15, 0.2) is 0 Å². The number of fused-ring (bicyclic) bond motifs is 1. The van der Waals surface area contributed by atoms with Crippen LogP contribution in [0.4, 0.5) is 0 Å². The Morgan fingerprint density at radius 1 is 1.44 bits per heavy atom. The van der Waals surface area contributed by atoms with E-state index in [0.29, 0.717) is 12.3 Å². The summed E-state index contributed by atoms with van der Waals surface area (Å²) in [5.41, 5.74) is 3.35. The van der Waals surface area contributed by atoms with Crippen LogP contribution in [-0.4, -0.2) is 16.9 Å². The summed E-state index contributed by atoms with van der Waals surface area (Å²) < 4.78 is 0.930. The van der Waals surface area contributed by atoms with Gasteiger partial charge in [0, 0.05) is 12.1 Å². The summed E-state index contributed by atoms with van der Waals surface area (Å²) in [4.78, 5) is 11.1. The Kier molecular flexibility index (Phi) is 4.72. The minimum atomic E-state index is -0.219. The lowest BCUT2D eigenvalue weighted by atomic mass is 9.90. The number of aromatic hydroxyl groups is 1. The molecule has 18 heavy (non-hydrogen) atoms. The van der Waals surface area contributed by atoms with Crippen LogP contribution in [-0.2, 0) is 24.2 Å². The average Bonchev–Trinajstić information content (AvgIpc) is 2.41. The highest BCUT2D eigenvalue weighted by Crippen LogP contribution is 2.34. The largest absolute Gasteiger partial charge is 0.506 e. The topological polar surface area (TPSA) is 49.3 Å². The number of phenols is 1. The van der Waals surface area contributed by atoms with Gasteiger partial charge in [-0.3, -0.25) is 4.79 Å². The van der Waals surface area contributed by atoms with E-state index in [1.54, 1.807) is 0 Å². The zero-order valence-corrected chi connectivity index (χ0v) is 12.8. The van der Waals surface area contributed by atoms with Crippen LogP contribution in [0, 0.1) is 3.57 Å². The first kappa shape index (κ1) is 13.9. The van der Waals surface area contributed by atoms with Crippen molar-refractivity contribution in [3.8, 4) is 5.75 Å². The lowest BCUT2D eigenvalue weighted by molar-refractivity contribution is -0.118. The molecule has 1 aromatic rings. The Morgan fingerprint density at radius 3 is 2.89 bits per heavy atom. The number of hydrogen-bond donors (Lipinski definition) is 2. The van der Waals surface area contributed by atoms with E-state index in [9.17, 15) is 9.90 Å². The van der Waals surface area contributed by atoms with E-state index in [2.05, 4.69) is 27.9 Å². The molecule has 2 N–H and O–H groups in total. The number of phenolic OH excluding ortho intramolecular Hbond substituents is 1. The fraction of sp³-hybridized carbons (Fsp3) is 0.462. The lowest BCUT2D eigenvalue weighted by Crippen LogP contribution is -2.24. The van der Waals surface area contributed by atoms with Crippen molar-refractivity contribution < 1.29 is 9.90 Å². The summed E-state index contributed by atoms with van der Waals surface area (Å²) in [5, 5.41) is 12.8. The maximum Gasteiger partial charge on any atom is 0.235 e. The van der Waals surface area contributed by atoms with Crippen LogP contribution in [0.2, 0.25) is 0 Å². The predicted molar refractivity (Wildman–Crippen MR) is 80.0 cm³/mol. The number of nitrogens with one attached hydrogen (secondary N) is 1. The van der Waals surface area contributed by atoms with E-state index in [4.69, 9.17) is 11.6 Å². The van der Waals surface area contributed by atoms with Crippen LogP contribution in [0.5, 0.6) is 5.75 Å². The highest BCUT2D eigenvalue weighted by molar-refractivity contribution is 14.1. The molecule has 1 aliphatic carbocycles. The third-order valence-corrected chi connectivity index (χ3v) is 4.64. The van der Waals surface area contributed by atoms with E-state index >= 15 is 0 Å². The minimum Gasteiger partial charge on any atom is -0.506 e. The molecule has 0 fully saturated rings. The summed E-state index contributed by atoms with van der Waals surface area (Å²) >= 11 is 7.62. The summed E-state index contributed by atoms with van der Waals surface area (Å²) in [7, 11) is 0. The number of amides is 1. The van der Waals surface area contributed by atoms with Crippen molar-refractivity contribution in [1.82, 2.24) is 5.32 Å². The molecule has 0 bridgehead atoms. The van der Waals surface area contributed by atoms with Gasteiger partial charge >= 0.3 is 0 Å². The lowest BCUT2D eigenvalue weighted by Gasteiger charge is -2.20. The highest BCUT2D eigenvalue weighted by atomic mass is 127. The van der Waals surface area contributed by atoms with Gasteiger partial charge in [-0.05, 0) is 65.5 Å². The van der Waals surface area contributed by atoms with Crippen molar-refractivity contribution in [3.63, 3.8) is 0 Å². The third kappa shape index (κ3) is 2.91. The first-order chi connectivity index (χ1) is 8.63. The number of alkyl halides is 1. The molecule has 5 heteroatoms. The second-order valence-electron chi connectivity index (χ2n) is 4.45. The molecule has 1 amide bonds. The van der Waals surface area contributed by atoms with Crippen LogP contribution in [0.25, 0.3) is 0 Å². The van der Waals surface area contributed by atoms with Gasteiger partial charge in [-0.2, -0.15) is 0 Å². The predicted octanol–water partition coefficient (Wildman–Crippen LogP) is 2.73. The van der Waals surface area contributed by atoms with Gasteiger partial charge in [-0.15, -0.1) is 11.6 Å². The Hall–Kier alpha value is -0.490. The van der Waals surface area contributed by atoms with Gasteiger partial charge in [0.2, 0.25) is 5.91 Å². The van der Waals surface area contributed by atoms with Crippen LogP contribution in [0.3, 0.4) is 0 Å². The van der Waals surface area contributed by atoms with Gasteiger partial charge in [-0.25, -0.2) is 0 Å². The van der Waals surface area contributed by atoms with Crippen molar-refractivity contribution in [2.24, 2.45) is 0 Å². The SMILES string of the molecule is O=C(CCl)NCc1cc2c(c(I)c1O)CCCC2. The molecule has 98 valence electrons. The normalized spacial score (nSPS) is 14.1. The summed E-state index contributed by atoms with van der Waals surface area (Å²) in [6.07, 6.45) is 4.48. The third-order valence-electron chi connectivity index (χ3n) is 3.23. The molecule has 0 heterocycles. The maximum absolute atomic E-state index is 11.1. The molecular formula is C13H15ClINO2. The molecule has 1 aliphatic rings. The van der Waals surface area contributed by atoms with E-state index in [0.717, 1.165) is 22.0 Å². The molecule has 0 saturated carbocycles. The molecular weight excluding hydrogens is 365 g/mol. The van der Waals surface area contributed by atoms with Crippen LogP contribution >= 0.6 is 34.2 Å². The Labute approximate surface area is 125 Å². The summed E-state index contributed by atoms with van der Waals surface area (Å²) in [5.74, 6) is 0.0258. The first-order valence-electron chi connectivity index (χ1n) is 5.98. The second-order valence-corrected chi connectivity index (χ2v) is 5.80. The van der Waals surface area contributed by atoms with Crippen molar-refractivity contribution in [3.05, 3.63) is 26.3 Å². The van der Waals surface area contributed by atoms with E-state index < -0.39 is 0 Å². The van der Waals surface area contributed by atoms with Crippen molar-refractivity contribution >= 4 is 40.1 Å². The number of carbonyl (C=O) groups excluding carboxylic acids is 1. The summed E-state index contributed by atoms with van der Waals surface area (Å²) in [6, 6.07) is 2.01. The Bertz CT molecular complexity index is 477. The Balaban J connectivity index is 2.25. The molecule has 0 radical (unpaired) electrons. The van der Waals surface area contributed by atoms with Crippen molar-refractivity contribution in [2.45, 2.75) is 32.2 Å². The number of benzene rings is 1. The van der Waals surface area contributed by atoms with Gasteiger partial charge in [0.1, 0.15) is 11.6 Å². The Morgan fingerprint density at radius 2 is 2.17 bits per heavy atom. The smallest absolute Gasteiger partial charge is 0.235 e. The molecule has 0 atom stereocenters. The molecule has 1 aromatic carbocycles. The zero-order valence-electron chi connectivity index (χ0n) is 9.93. The molecule has 0 saturated heterocycles. The average molecular weight is 380 g/mol. The van der Waals surface area contributed by atoms with E-state index in [1.807, 2.05) is 6.07 Å². The standard InChI is InChI=1S/C13H15ClINO2/c14-6-11(17)16-7-9-5-8-3-1-2-4-10(8)12(15)13(9)18/h5,18H,1-4,6-7H2,(H,16,17). The van der Waals surface area contributed by atoms with Crippen molar-refractivity contribution in [2.75, 3.05) is 5.88 Å². The molecule has 0 unspecified atom stereocenters. The number of aryl methyl sites for hydroxylation is 1.